The Morgan fingerprint density at radius 1 is 1.00 bits per heavy atom. The zero-order chi connectivity index (χ0) is 14.9. The molecule has 0 aliphatic carbocycles. The number of hydrogen-bond donors (Lipinski definition) is 2. The fourth-order valence-corrected chi connectivity index (χ4v) is 2.08. The SMILES string of the molecule is CC/C=C/NC(=O)NC(c1ccccc1)c1ccccc1. The average Bonchev–Trinajstić information content (AvgIpc) is 2.54. The number of carbonyl (C=O) groups is 1. The lowest BCUT2D eigenvalue weighted by Gasteiger charge is -2.19. The molecular formula is C18H20N2O. The molecule has 0 saturated heterocycles. The standard InChI is InChI=1S/C18H20N2O/c1-2-3-14-19-18(21)20-17(15-10-6-4-7-11-15)16-12-8-5-9-13-16/h3-14,17H,2H2,1H3,(H2,19,20,21)/b14-3+. The van der Waals surface area contributed by atoms with Gasteiger partial charge >= 0.3 is 6.03 Å². The molecule has 0 saturated carbocycles. The lowest BCUT2D eigenvalue weighted by atomic mass is 9.99. The maximum Gasteiger partial charge on any atom is 0.319 e. The van der Waals surface area contributed by atoms with E-state index in [-0.39, 0.29) is 12.1 Å². The van der Waals surface area contributed by atoms with Gasteiger partial charge in [-0.25, -0.2) is 4.79 Å². The predicted molar refractivity (Wildman–Crippen MR) is 85.8 cm³/mol. The zero-order valence-corrected chi connectivity index (χ0v) is 12.1. The summed E-state index contributed by atoms with van der Waals surface area (Å²) >= 11 is 0. The molecule has 2 rings (SSSR count). The maximum atomic E-state index is 12.0. The van der Waals surface area contributed by atoms with Gasteiger partial charge in [-0.05, 0) is 17.5 Å². The number of carbonyl (C=O) groups excluding carboxylic acids is 1. The van der Waals surface area contributed by atoms with Crippen LogP contribution in [0.4, 0.5) is 4.79 Å². The molecule has 0 heterocycles. The highest BCUT2D eigenvalue weighted by molar-refractivity contribution is 5.76. The normalized spacial score (nSPS) is 10.8. The minimum atomic E-state index is -0.211. The Bertz CT molecular complexity index is 539. The van der Waals surface area contributed by atoms with E-state index in [0.717, 1.165) is 17.5 Å². The van der Waals surface area contributed by atoms with Crippen molar-refractivity contribution in [1.82, 2.24) is 10.6 Å². The Balaban J connectivity index is 2.17. The van der Waals surface area contributed by atoms with Crippen molar-refractivity contribution in [2.45, 2.75) is 19.4 Å². The molecule has 3 nitrogen and oxygen atoms in total. The van der Waals surface area contributed by atoms with Gasteiger partial charge in [-0.2, -0.15) is 0 Å². The molecule has 2 amide bonds. The summed E-state index contributed by atoms with van der Waals surface area (Å²) in [6, 6.07) is 19.5. The van der Waals surface area contributed by atoms with Crippen LogP contribution < -0.4 is 10.6 Å². The van der Waals surface area contributed by atoms with E-state index in [1.807, 2.05) is 73.7 Å². The molecule has 0 fully saturated rings. The van der Waals surface area contributed by atoms with Crippen molar-refractivity contribution in [3.05, 3.63) is 84.1 Å². The largest absolute Gasteiger partial charge is 0.327 e. The Morgan fingerprint density at radius 2 is 1.52 bits per heavy atom. The van der Waals surface area contributed by atoms with Gasteiger partial charge in [0.15, 0.2) is 0 Å². The third kappa shape index (κ3) is 4.49. The zero-order valence-electron chi connectivity index (χ0n) is 12.1. The maximum absolute atomic E-state index is 12.0. The molecule has 0 bridgehead atoms. The minimum Gasteiger partial charge on any atom is -0.327 e. The van der Waals surface area contributed by atoms with Gasteiger partial charge in [-0.3, -0.25) is 0 Å². The van der Waals surface area contributed by atoms with Gasteiger partial charge < -0.3 is 10.6 Å². The molecule has 0 atom stereocenters. The molecule has 0 spiro atoms. The number of nitrogens with one attached hydrogen (secondary N) is 2. The Hall–Kier alpha value is -2.55. The summed E-state index contributed by atoms with van der Waals surface area (Å²) in [5, 5.41) is 5.73. The highest BCUT2D eigenvalue weighted by Gasteiger charge is 2.15. The third-order valence-corrected chi connectivity index (χ3v) is 3.11. The predicted octanol–water partition coefficient (Wildman–Crippen LogP) is 4.00. The van der Waals surface area contributed by atoms with Gasteiger partial charge in [0, 0.05) is 6.20 Å². The molecule has 0 aliphatic heterocycles. The van der Waals surface area contributed by atoms with E-state index in [1.54, 1.807) is 6.20 Å². The monoisotopic (exact) mass is 280 g/mol. The highest BCUT2D eigenvalue weighted by Crippen LogP contribution is 2.21. The number of amides is 2. The highest BCUT2D eigenvalue weighted by atomic mass is 16.2. The van der Waals surface area contributed by atoms with E-state index in [2.05, 4.69) is 10.6 Å². The summed E-state index contributed by atoms with van der Waals surface area (Å²) in [5.41, 5.74) is 2.11. The van der Waals surface area contributed by atoms with E-state index >= 15 is 0 Å². The van der Waals surface area contributed by atoms with Crippen molar-refractivity contribution in [2.75, 3.05) is 0 Å². The number of benzene rings is 2. The molecule has 2 aromatic carbocycles. The molecule has 3 heteroatoms. The first kappa shape index (κ1) is 14.9. The van der Waals surface area contributed by atoms with E-state index in [4.69, 9.17) is 0 Å². The molecular weight excluding hydrogens is 260 g/mol. The summed E-state index contributed by atoms with van der Waals surface area (Å²) in [7, 11) is 0. The van der Waals surface area contributed by atoms with Crippen LogP contribution in [0.15, 0.2) is 72.9 Å². The third-order valence-electron chi connectivity index (χ3n) is 3.11. The van der Waals surface area contributed by atoms with Crippen molar-refractivity contribution in [3.8, 4) is 0 Å². The second kappa shape index (κ2) is 7.90. The van der Waals surface area contributed by atoms with E-state index in [1.165, 1.54) is 0 Å². The van der Waals surface area contributed by atoms with E-state index in [0.29, 0.717) is 0 Å². The summed E-state index contributed by atoms with van der Waals surface area (Å²) in [6.07, 6.45) is 4.46. The van der Waals surface area contributed by atoms with Crippen molar-refractivity contribution in [1.29, 1.82) is 0 Å². The molecule has 0 aliphatic rings. The van der Waals surface area contributed by atoms with Gasteiger partial charge in [-0.15, -0.1) is 0 Å². The van der Waals surface area contributed by atoms with Crippen LogP contribution in [0.3, 0.4) is 0 Å². The topological polar surface area (TPSA) is 41.1 Å². The van der Waals surface area contributed by atoms with Crippen LogP contribution in [0.1, 0.15) is 30.5 Å². The molecule has 108 valence electrons. The van der Waals surface area contributed by atoms with Gasteiger partial charge in [0.1, 0.15) is 0 Å². The van der Waals surface area contributed by atoms with Crippen LogP contribution in [0.5, 0.6) is 0 Å². The Labute approximate surface area is 125 Å². The lowest BCUT2D eigenvalue weighted by molar-refractivity contribution is 0.242. The Kier molecular flexibility index (Phi) is 5.59. The number of rotatable bonds is 5. The van der Waals surface area contributed by atoms with Gasteiger partial charge in [0.25, 0.3) is 0 Å². The van der Waals surface area contributed by atoms with Crippen molar-refractivity contribution in [3.63, 3.8) is 0 Å². The van der Waals surface area contributed by atoms with Crippen LogP contribution >= 0.6 is 0 Å². The second-order valence-corrected chi connectivity index (χ2v) is 4.68. The minimum absolute atomic E-state index is 0.164. The molecule has 2 N–H and O–H groups in total. The first-order valence-electron chi connectivity index (χ1n) is 7.13. The van der Waals surface area contributed by atoms with Crippen LogP contribution in [-0.2, 0) is 0 Å². The molecule has 2 aromatic rings. The quantitative estimate of drug-likeness (QED) is 0.854. The van der Waals surface area contributed by atoms with Crippen molar-refractivity contribution >= 4 is 6.03 Å². The van der Waals surface area contributed by atoms with Crippen LogP contribution in [0, 0.1) is 0 Å². The lowest BCUT2D eigenvalue weighted by Crippen LogP contribution is -2.35. The van der Waals surface area contributed by atoms with Crippen LogP contribution in [-0.4, -0.2) is 6.03 Å². The Morgan fingerprint density at radius 3 is 2.00 bits per heavy atom. The fraction of sp³-hybridized carbons (Fsp3) is 0.167. The molecule has 0 radical (unpaired) electrons. The van der Waals surface area contributed by atoms with Gasteiger partial charge in [-0.1, -0.05) is 73.7 Å². The number of allylic oxidation sites excluding steroid dienone is 1. The van der Waals surface area contributed by atoms with Crippen molar-refractivity contribution in [2.24, 2.45) is 0 Å². The molecule has 21 heavy (non-hydrogen) atoms. The molecule has 0 aromatic heterocycles. The van der Waals surface area contributed by atoms with E-state index in [9.17, 15) is 4.79 Å². The fourth-order valence-electron chi connectivity index (χ4n) is 2.08. The summed E-state index contributed by atoms with van der Waals surface area (Å²) in [6.45, 7) is 2.02. The second-order valence-electron chi connectivity index (χ2n) is 4.68. The van der Waals surface area contributed by atoms with Crippen LogP contribution in [0.2, 0.25) is 0 Å². The van der Waals surface area contributed by atoms with Crippen LogP contribution in [0.25, 0.3) is 0 Å². The summed E-state index contributed by atoms with van der Waals surface area (Å²) in [4.78, 5) is 12.0. The van der Waals surface area contributed by atoms with Gasteiger partial charge in [0.05, 0.1) is 6.04 Å². The number of urea groups is 1. The first-order chi connectivity index (χ1) is 10.3. The summed E-state index contributed by atoms with van der Waals surface area (Å²) < 4.78 is 0. The smallest absolute Gasteiger partial charge is 0.319 e. The van der Waals surface area contributed by atoms with E-state index < -0.39 is 0 Å². The van der Waals surface area contributed by atoms with Gasteiger partial charge in [0.2, 0.25) is 0 Å². The average molecular weight is 280 g/mol. The number of hydrogen-bond acceptors (Lipinski definition) is 1. The first-order valence-corrected chi connectivity index (χ1v) is 7.13. The van der Waals surface area contributed by atoms with Crippen molar-refractivity contribution < 1.29 is 4.79 Å². The molecule has 0 unspecified atom stereocenters. The summed E-state index contributed by atoms with van der Waals surface area (Å²) in [5.74, 6) is 0.